The molecular weight excluding hydrogens is 196 g/mol. The van der Waals surface area contributed by atoms with Crippen LogP contribution in [0, 0.1) is 5.41 Å². The highest BCUT2D eigenvalue weighted by molar-refractivity contribution is 5.78. The Morgan fingerprint density at radius 3 is 2.27 bits per heavy atom. The molecule has 5 heteroatoms. The Morgan fingerprint density at radius 1 is 1.33 bits per heavy atom. The van der Waals surface area contributed by atoms with Gasteiger partial charge in [0.05, 0.1) is 5.41 Å². The van der Waals surface area contributed by atoms with E-state index in [0.29, 0.717) is 13.0 Å². The van der Waals surface area contributed by atoms with E-state index < -0.39 is 11.4 Å². The van der Waals surface area contributed by atoms with Gasteiger partial charge in [-0.1, -0.05) is 0 Å². The minimum atomic E-state index is -0.909. The van der Waals surface area contributed by atoms with E-state index in [1.54, 1.807) is 13.8 Å². The summed E-state index contributed by atoms with van der Waals surface area (Å²) in [7, 11) is 3.77. The van der Waals surface area contributed by atoms with Crippen molar-refractivity contribution in [2.24, 2.45) is 5.41 Å². The summed E-state index contributed by atoms with van der Waals surface area (Å²) >= 11 is 0. The lowest BCUT2D eigenvalue weighted by Crippen LogP contribution is -2.39. The van der Waals surface area contributed by atoms with Gasteiger partial charge in [0, 0.05) is 19.5 Å². The number of aliphatic carboxylic acids is 1. The first-order chi connectivity index (χ1) is 6.75. The van der Waals surface area contributed by atoms with Crippen LogP contribution in [0.5, 0.6) is 0 Å². The number of hydrogen-bond donors (Lipinski definition) is 2. The van der Waals surface area contributed by atoms with Crippen molar-refractivity contribution in [1.82, 2.24) is 10.2 Å². The van der Waals surface area contributed by atoms with Gasteiger partial charge >= 0.3 is 5.97 Å². The van der Waals surface area contributed by atoms with Gasteiger partial charge in [0.15, 0.2) is 0 Å². The SMILES string of the molecule is CN(C)CCC(=O)NCC(C)(C)C(=O)O. The molecule has 0 radical (unpaired) electrons. The van der Waals surface area contributed by atoms with E-state index in [1.165, 1.54) is 0 Å². The van der Waals surface area contributed by atoms with Crippen molar-refractivity contribution in [3.05, 3.63) is 0 Å². The van der Waals surface area contributed by atoms with Gasteiger partial charge in [-0.05, 0) is 27.9 Å². The molecule has 0 atom stereocenters. The van der Waals surface area contributed by atoms with Gasteiger partial charge in [0.25, 0.3) is 0 Å². The van der Waals surface area contributed by atoms with Crippen LogP contribution in [0.15, 0.2) is 0 Å². The molecule has 0 aliphatic rings. The van der Waals surface area contributed by atoms with E-state index >= 15 is 0 Å². The minimum absolute atomic E-state index is 0.113. The average molecular weight is 216 g/mol. The maximum atomic E-state index is 11.3. The maximum Gasteiger partial charge on any atom is 0.310 e. The average Bonchev–Trinajstić information content (AvgIpc) is 2.11. The second kappa shape index (κ2) is 5.70. The Labute approximate surface area is 90.5 Å². The predicted molar refractivity (Wildman–Crippen MR) is 57.6 cm³/mol. The fraction of sp³-hybridized carbons (Fsp3) is 0.800. The molecule has 0 aliphatic carbocycles. The largest absolute Gasteiger partial charge is 0.481 e. The number of hydrogen-bond acceptors (Lipinski definition) is 3. The monoisotopic (exact) mass is 216 g/mol. The number of carboxylic acid groups (broad SMARTS) is 1. The predicted octanol–water partition coefficient (Wildman–Crippen LogP) is 0.165. The lowest BCUT2D eigenvalue weighted by Gasteiger charge is -2.19. The van der Waals surface area contributed by atoms with E-state index in [4.69, 9.17) is 5.11 Å². The molecule has 0 unspecified atom stereocenters. The highest BCUT2D eigenvalue weighted by Crippen LogP contribution is 2.12. The Kier molecular flexibility index (Phi) is 5.28. The van der Waals surface area contributed by atoms with Crippen LogP contribution in [0.1, 0.15) is 20.3 Å². The van der Waals surface area contributed by atoms with Crippen LogP contribution in [-0.4, -0.2) is 49.1 Å². The summed E-state index contributed by atoms with van der Waals surface area (Å²) in [6, 6.07) is 0. The molecule has 0 aromatic heterocycles. The molecule has 0 aromatic carbocycles. The quantitative estimate of drug-likeness (QED) is 0.664. The first kappa shape index (κ1) is 13.9. The summed E-state index contributed by atoms with van der Waals surface area (Å²) < 4.78 is 0. The molecule has 0 rings (SSSR count). The number of carbonyl (C=O) groups is 2. The van der Waals surface area contributed by atoms with Crippen LogP contribution in [-0.2, 0) is 9.59 Å². The number of amides is 1. The van der Waals surface area contributed by atoms with Crippen molar-refractivity contribution >= 4 is 11.9 Å². The molecule has 1 amide bonds. The smallest absolute Gasteiger partial charge is 0.310 e. The second-order valence-electron chi connectivity index (χ2n) is 4.52. The lowest BCUT2D eigenvalue weighted by atomic mass is 9.94. The van der Waals surface area contributed by atoms with Gasteiger partial charge in [-0.25, -0.2) is 0 Å². The molecule has 0 heterocycles. The van der Waals surface area contributed by atoms with Crippen molar-refractivity contribution in [3.8, 4) is 0 Å². The molecule has 88 valence electrons. The number of nitrogens with one attached hydrogen (secondary N) is 1. The van der Waals surface area contributed by atoms with Gasteiger partial charge in [-0.3, -0.25) is 9.59 Å². The Balaban J connectivity index is 3.85. The molecule has 5 nitrogen and oxygen atoms in total. The van der Waals surface area contributed by atoms with E-state index in [9.17, 15) is 9.59 Å². The topological polar surface area (TPSA) is 69.6 Å². The highest BCUT2D eigenvalue weighted by atomic mass is 16.4. The van der Waals surface area contributed by atoms with Crippen molar-refractivity contribution < 1.29 is 14.7 Å². The molecule has 0 fully saturated rings. The summed E-state index contributed by atoms with van der Waals surface area (Å²) in [4.78, 5) is 23.9. The third-order valence-corrected chi connectivity index (χ3v) is 2.09. The standard InChI is InChI=1S/C10H20N2O3/c1-10(2,9(14)15)7-11-8(13)5-6-12(3)4/h5-7H2,1-4H3,(H,11,13)(H,14,15). The van der Waals surface area contributed by atoms with Crippen LogP contribution in [0.4, 0.5) is 0 Å². The van der Waals surface area contributed by atoms with Crippen molar-refractivity contribution in [3.63, 3.8) is 0 Å². The number of nitrogens with zero attached hydrogens (tertiary/aromatic N) is 1. The van der Waals surface area contributed by atoms with Crippen LogP contribution in [0.2, 0.25) is 0 Å². The Morgan fingerprint density at radius 2 is 1.87 bits per heavy atom. The molecule has 15 heavy (non-hydrogen) atoms. The zero-order chi connectivity index (χ0) is 12.1. The fourth-order valence-corrected chi connectivity index (χ4v) is 0.809. The summed E-state index contributed by atoms with van der Waals surface area (Å²) in [5.41, 5.74) is -0.909. The minimum Gasteiger partial charge on any atom is -0.481 e. The fourth-order valence-electron chi connectivity index (χ4n) is 0.809. The first-order valence-corrected chi connectivity index (χ1v) is 4.90. The van der Waals surface area contributed by atoms with Crippen LogP contribution < -0.4 is 5.32 Å². The third-order valence-electron chi connectivity index (χ3n) is 2.09. The van der Waals surface area contributed by atoms with Crippen molar-refractivity contribution in [2.75, 3.05) is 27.2 Å². The number of carbonyl (C=O) groups excluding carboxylic acids is 1. The van der Waals surface area contributed by atoms with E-state index in [0.717, 1.165) is 0 Å². The van der Waals surface area contributed by atoms with Crippen molar-refractivity contribution in [2.45, 2.75) is 20.3 Å². The zero-order valence-corrected chi connectivity index (χ0v) is 9.83. The molecule has 2 N–H and O–H groups in total. The van der Waals surface area contributed by atoms with E-state index in [-0.39, 0.29) is 12.5 Å². The normalized spacial score (nSPS) is 11.5. The summed E-state index contributed by atoms with van der Waals surface area (Å²) in [5.74, 6) is -1.02. The lowest BCUT2D eigenvalue weighted by molar-refractivity contribution is -0.146. The molecular formula is C10H20N2O3. The molecule has 0 aromatic rings. The molecule has 0 spiro atoms. The maximum absolute atomic E-state index is 11.3. The summed E-state index contributed by atoms with van der Waals surface area (Å²) in [6.45, 7) is 4.00. The van der Waals surface area contributed by atoms with Gasteiger partial charge in [0.1, 0.15) is 0 Å². The second-order valence-corrected chi connectivity index (χ2v) is 4.52. The van der Waals surface area contributed by atoms with Crippen LogP contribution in [0.25, 0.3) is 0 Å². The van der Waals surface area contributed by atoms with Gasteiger partial charge in [-0.15, -0.1) is 0 Å². The third kappa shape index (κ3) is 6.06. The van der Waals surface area contributed by atoms with Gasteiger partial charge in [0.2, 0.25) is 5.91 Å². The van der Waals surface area contributed by atoms with E-state index in [1.807, 2.05) is 19.0 Å². The van der Waals surface area contributed by atoms with Gasteiger partial charge in [-0.2, -0.15) is 0 Å². The summed E-state index contributed by atoms with van der Waals surface area (Å²) in [6.07, 6.45) is 0.392. The summed E-state index contributed by atoms with van der Waals surface area (Å²) in [5, 5.41) is 11.4. The first-order valence-electron chi connectivity index (χ1n) is 4.90. The molecule has 0 saturated heterocycles. The van der Waals surface area contributed by atoms with Crippen LogP contribution >= 0.6 is 0 Å². The van der Waals surface area contributed by atoms with Crippen LogP contribution in [0.3, 0.4) is 0 Å². The Bertz CT molecular complexity index is 237. The molecule has 0 saturated carbocycles. The van der Waals surface area contributed by atoms with Crippen molar-refractivity contribution in [1.29, 1.82) is 0 Å². The number of rotatable bonds is 6. The Hall–Kier alpha value is -1.10. The molecule has 0 aliphatic heterocycles. The molecule has 0 bridgehead atoms. The zero-order valence-electron chi connectivity index (χ0n) is 9.83. The van der Waals surface area contributed by atoms with E-state index in [2.05, 4.69) is 5.32 Å². The van der Waals surface area contributed by atoms with Gasteiger partial charge < -0.3 is 15.3 Å². The highest BCUT2D eigenvalue weighted by Gasteiger charge is 2.27. The number of carboxylic acids is 1.